The van der Waals surface area contributed by atoms with Crippen LogP contribution in [0.5, 0.6) is 0 Å². The highest BCUT2D eigenvalue weighted by Gasteiger charge is 2.05. The molecule has 0 saturated heterocycles. The van der Waals surface area contributed by atoms with E-state index < -0.39 is 23.2 Å². The molecule has 1 amide bonds. The van der Waals surface area contributed by atoms with Gasteiger partial charge < -0.3 is 11.5 Å². The van der Waals surface area contributed by atoms with Crippen LogP contribution in [0.25, 0.3) is 6.08 Å². The summed E-state index contributed by atoms with van der Waals surface area (Å²) < 4.78 is 25.9. The number of nitrogen functional groups attached to an aromatic ring is 1. The third-order valence-corrected chi connectivity index (χ3v) is 1.73. The summed E-state index contributed by atoms with van der Waals surface area (Å²) in [5.74, 6) is -2.16. The molecular formula is C10H10F2N2O. The predicted molar refractivity (Wildman–Crippen MR) is 53.6 cm³/mol. The van der Waals surface area contributed by atoms with Gasteiger partial charge in [0.15, 0.2) is 0 Å². The summed E-state index contributed by atoms with van der Waals surface area (Å²) in [6.45, 7) is 0. The number of amides is 1. The Morgan fingerprint density at radius 1 is 1.33 bits per heavy atom. The summed E-state index contributed by atoms with van der Waals surface area (Å²) in [5, 5.41) is 0. The SMILES string of the molecule is NC(=O)CC=Cc1cc(F)c(N)c(F)c1. The first-order chi connectivity index (χ1) is 7.00. The molecule has 0 bridgehead atoms. The number of halogens is 2. The maximum atomic E-state index is 12.9. The van der Waals surface area contributed by atoms with E-state index in [-0.39, 0.29) is 6.42 Å². The second-order valence-corrected chi connectivity index (χ2v) is 2.97. The molecule has 0 unspecified atom stereocenters. The van der Waals surface area contributed by atoms with E-state index in [1.807, 2.05) is 0 Å². The molecule has 80 valence electrons. The summed E-state index contributed by atoms with van der Waals surface area (Å²) in [7, 11) is 0. The van der Waals surface area contributed by atoms with Crippen molar-refractivity contribution in [2.75, 3.05) is 5.73 Å². The zero-order valence-electron chi connectivity index (χ0n) is 7.84. The molecule has 0 aliphatic rings. The van der Waals surface area contributed by atoms with Gasteiger partial charge in [0, 0.05) is 6.42 Å². The molecule has 0 aliphatic heterocycles. The second-order valence-electron chi connectivity index (χ2n) is 2.97. The molecular weight excluding hydrogens is 202 g/mol. The molecule has 5 heteroatoms. The summed E-state index contributed by atoms with van der Waals surface area (Å²) >= 11 is 0. The quantitative estimate of drug-likeness (QED) is 0.744. The maximum Gasteiger partial charge on any atom is 0.221 e. The van der Waals surface area contributed by atoms with Crippen LogP contribution in [0.2, 0.25) is 0 Å². The topological polar surface area (TPSA) is 69.1 Å². The number of benzene rings is 1. The van der Waals surface area contributed by atoms with Crippen LogP contribution in [0, 0.1) is 11.6 Å². The zero-order chi connectivity index (χ0) is 11.4. The minimum Gasteiger partial charge on any atom is -0.394 e. The molecule has 0 radical (unpaired) electrons. The van der Waals surface area contributed by atoms with Crippen LogP contribution in [-0.2, 0) is 4.79 Å². The molecule has 1 aromatic rings. The van der Waals surface area contributed by atoms with Crippen molar-refractivity contribution in [2.24, 2.45) is 5.73 Å². The van der Waals surface area contributed by atoms with Gasteiger partial charge in [0.25, 0.3) is 0 Å². The first kappa shape index (κ1) is 11.2. The average molecular weight is 212 g/mol. The molecule has 1 rings (SSSR count). The molecule has 0 fully saturated rings. The van der Waals surface area contributed by atoms with Crippen molar-refractivity contribution in [1.29, 1.82) is 0 Å². The van der Waals surface area contributed by atoms with Crippen molar-refractivity contribution in [3.8, 4) is 0 Å². The molecule has 0 saturated carbocycles. The van der Waals surface area contributed by atoms with Crippen molar-refractivity contribution in [1.82, 2.24) is 0 Å². The minimum absolute atomic E-state index is 0.0214. The van der Waals surface area contributed by atoms with Gasteiger partial charge in [0.2, 0.25) is 5.91 Å². The van der Waals surface area contributed by atoms with E-state index in [0.29, 0.717) is 5.56 Å². The van der Waals surface area contributed by atoms with Crippen LogP contribution >= 0.6 is 0 Å². The van der Waals surface area contributed by atoms with Gasteiger partial charge in [-0.05, 0) is 17.7 Å². The molecule has 1 aromatic carbocycles. The fraction of sp³-hybridized carbons (Fsp3) is 0.100. The van der Waals surface area contributed by atoms with E-state index in [9.17, 15) is 13.6 Å². The van der Waals surface area contributed by atoms with Gasteiger partial charge in [-0.15, -0.1) is 0 Å². The van der Waals surface area contributed by atoms with Gasteiger partial charge in [-0.3, -0.25) is 4.79 Å². The summed E-state index contributed by atoms with van der Waals surface area (Å²) in [6.07, 6.45) is 2.84. The normalized spacial score (nSPS) is 10.8. The Morgan fingerprint density at radius 3 is 2.33 bits per heavy atom. The van der Waals surface area contributed by atoms with Crippen LogP contribution in [-0.4, -0.2) is 5.91 Å². The molecule has 3 nitrogen and oxygen atoms in total. The number of anilines is 1. The van der Waals surface area contributed by atoms with E-state index in [2.05, 4.69) is 0 Å². The van der Waals surface area contributed by atoms with Gasteiger partial charge in [0.1, 0.15) is 17.3 Å². The van der Waals surface area contributed by atoms with Gasteiger partial charge in [-0.2, -0.15) is 0 Å². The van der Waals surface area contributed by atoms with Crippen LogP contribution in [0.4, 0.5) is 14.5 Å². The number of carbonyl (C=O) groups excluding carboxylic acids is 1. The van der Waals surface area contributed by atoms with Gasteiger partial charge in [-0.25, -0.2) is 8.78 Å². The lowest BCUT2D eigenvalue weighted by atomic mass is 10.1. The van der Waals surface area contributed by atoms with E-state index >= 15 is 0 Å². The Labute approximate surface area is 85.4 Å². The summed E-state index contributed by atoms with van der Waals surface area (Å²) in [5.41, 5.74) is 9.74. The van der Waals surface area contributed by atoms with Crippen molar-refractivity contribution in [3.63, 3.8) is 0 Å². The first-order valence-electron chi connectivity index (χ1n) is 4.20. The number of hydrogen-bond donors (Lipinski definition) is 2. The number of hydrogen-bond acceptors (Lipinski definition) is 2. The number of primary amides is 1. The lowest BCUT2D eigenvalue weighted by Gasteiger charge is -2.00. The van der Waals surface area contributed by atoms with Gasteiger partial charge in [-0.1, -0.05) is 12.2 Å². The Bertz CT molecular complexity index is 393. The molecule has 0 heterocycles. The van der Waals surface area contributed by atoms with Crippen molar-refractivity contribution in [2.45, 2.75) is 6.42 Å². The van der Waals surface area contributed by atoms with Gasteiger partial charge >= 0.3 is 0 Å². The number of rotatable bonds is 3. The van der Waals surface area contributed by atoms with E-state index in [1.165, 1.54) is 12.2 Å². The van der Waals surface area contributed by atoms with Gasteiger partial charge in [0.05, 0.1) is 0 Å². The molecule has 4 N–H and O–H groups in total. The fourth-order valence-corrected chi connectivity index (χ4v) is 1.01. The highest BCUT2D eigenvalue weighted by atomic mass is 19.1. The van der Waals surface area contributed by atoms with E-state index in [4.69, 9.17) is 11.5 Å². The van der Waals surface area contributed by atoms with Crippen LogP contribution < -0.4 is 11.5 Å². The monoisotopic (exact) mass is 212 g/mol. The lowest BCUT2D eigenvalue weighted by Crippen LogP contribution is -2.07. The Hall–Kier alpha value is -1.91. The smallest absolute Gasteiger partial charge is 0.221 e. The average Bonchev–Trinajstić information content (AvgIpc) is 2.13. The number of nitrogens with two attached hydrogens (primary N) is 2. The number of carbonyl (C=O) groups is 1. The van der Waals surface area contributed by atoms with Crippen molar-refractivity contribution < 1.29 is 13.6 Å². The van der Waals surface area contributed by atoms with Crippen LogP contribution in [0.3, 0.4) is 0 Å². The predicted octanol–water partition coefficient (Wildman–Crippen LogP) is 1.44. The highest BCUT2D eigenvalue weighted by Crippen LogP contribution is 2.18. The first-order valence-corrected chi connectivity index (χ1v) is 4.20. The second kappa shape index (κ2) is 4.54. The standard InChI is InChI=1S/C10H10F2N2O/c11-7-4-6(2-1-3-9(13)15)5-8(12)10(7)14/h1-2,4-5H,3,14H2,(H2,13,15). The molecule has 0 atom stereocenters. The lowest BCUT2D eigenvalue weighted by molar-refractivity contribution is -0.117. The highest BCUT2D eigenvalue weighted by molar-refractivity contribution is 5.76. The Balaban J connectivity index is 2.87. The fourth-order valence-electron chi connectivity index (χ4n) is 1.01. The van der Waals surface area contributed by atoms with Crippen LogP contribution in [0.15, 0.2) is 18.2 Å². The molecule has 15 heavy (non-hydrogen) atoms. The minimum atomic E-state index is -0.825. The maximum absolute atomic E-state index is 12.9. The van der Waals surface area contributed by atoms with Crippen molar-refractivity contribution >= 4 is 17.7 Å². The summed E-state index contributed by atoms with van der Waals surface area (Å²) in [4.78, 5) is 10.4. The molecule has 0 spiro atoms. The third-order valence-electron chi connectivity index (χ3n) is 1.73. The van der Waals surface area contributed by atoms with E-state index in [0.717, 1.165) is 12.1 Å². The third kappa shape index (κ3) is 3.05. The Morgan fingerprint density at radius 2 is 1.87 bits per heavy atom. The Kier molecular flexibility index (Phi) is 3.38. The van der Waals surface area contributed by atoms with Crippen LogP contribution in [0.1, 0.15) is 12.0 Å². The molecule has 0 aromatic heterocycles. The zero-order valence-corrected chi connectivity index (χ0v) is 7.84. The van der Waals surface area contributed by atoms with Crippen molar-refractivity contribution in [3.05, 3.63) is 35.4 Å². The largest absolute Gasteiger partial charge is 0.394 e. The summed E-state index contributed by atoms with van der Waals surface area (Å²) in [6, 6.07) is 2.16. The molecule has 0 aliphatic carbocycles. The van der Waals surface area contributed by atoms with E-state index in [1.54, 1.807) is 0 Å².